The fourth-order valence-corrected chi connectivity index (χ4v) is 2.88. The van der Waals surface area contributed by atoms with Crippen molar-refractivity contribution < 1.29 is 14.3 Å². The molecule has 24 heavy (non-hydrogen) atoms. The van der Waals surface area contributed by atoms with E-state index in [1.54, 1.807) is 44.7 Å². The highest BCUT2D eigenvalue weighted by Crippen LogP contribution is 2.34. The van der Waals surface area contributed by atoms with E-state index in [4.69, 9.17) is 9.47 Å². The second-order valence-corrected chi connectivity index (χ2v) is 5.80. The monoisotopic (exact) mass is 341 g/mol. The van der Waals surface area contributed by atoms with Gasteiger partial charge in [0, 0.05) is 12.3 Å². The first-order chi connectivity index (χ1) is 11.7. The van der Waals surface area contributed by atoms with Crippen molar-refractivity contribution in [3.63, 3.8) is 0 Å². The number of hydrogen-bond acceptors (Lipinski definition) is 6. The second kappa shape index (κ2) is 7.18. The summed E-state index contributed by atoms with van der Waals surface area (Å²) in [6, 6.07) is 10.8. The molecular formula is C17H15N3O3S. The maximum Gasteiger partial charge on any atom is 0.264 e. The summed E-state index contributed by atoms with van der Waals surface area (Å²) in [4.78, 5) is 21.3. The summed E-state index contributed by atoms with van der Waals surface area (Å²) in [5, 5.41) is 3.24. The number of carbonyl (C=O) groups excluding carboxylic acids is 1. The van der Waals surface area contributed by atoms with Gasteiger partial charge >= 0.3 is 0 Å². The van der Waals surface area contributed by atoms with Crippen LogP contribution in [0.25, 0.3) is 6.08 Å². The molecule has 0 bridgehead atoms. The first kappa shape index (κ1) is 16.1. The number of rotatable bonds is 4. The van der Waals surface area contributed by atoms with Crippen LogP contribution in [0.15, 0.2) is 52.5 Å². The van der Waals surface area contributed by atoms with Crippen LogP contribution in [0.5, 0.6) is 11.5 Å². The number of carbonyl (C=O) groups is 1. The minimum atomic E-state index is -0.197. The average Bonchev–Trinajstić information content (AvgIpc) is 2.95. The largest absolute Gasteiger partial charge is 0.497 e. The molecule has 0 unspecified atom stereocenters. The number of aromatic nitrogens is 1. The van der Waals surface area contributed by atoms with Gasteiger partial charge in [0.05, 0.1) is 24.8 Å². The maximum atomic E-state index is 12.1. The van der Waals surface area contributed by atoms with Gasteiger partial charge in [0.2, 0.25) is 0 Å². The van der Waals surface area contributed by atoms with Gasteiger partial charge in [-0.05, 0) is 42.1 Å². The molecule has 1 N–H and O–H groups in total. The average molecular weight is 341 g/mol. The summed E-state index contributed by atoms with van der Waals surface area (Å²) in [5.74, 6) is 1.05. The highest BCUT2D eigenvalue weighted by atomic mass is 32.2. The standard InChI is InChI=1S/C17H15N3O3S/c1-22-12-6-7-13(14(10-12)23-2)19-17-20-16(21)15(24-17)9-11-5-3-4-8-18-11/h3-10H,1-2H3,(H,19,20,21)/b15-9-. The van der Waals surface area contributed by atoms with Crippen molar-refractivity contribution >= 4 is 34.6 Å². The lowest BCUT2D eigenvalue weighted by atomic mass is 10.3. The maximum absolute atomic E-state index is 12.1. The molecule has 0 aliphatic carbocycles. The molecule has 2 heterocycles. The first-order valence-corrected chi connectivity index (χ1v) is 7.94. The Balaban J connectivity index is 1.86. The summed E-state index contributed by atoms with van der Waals surface area (Å²) in [6.45, 7) is 0. The zero-order valence-corrected chi connectivity index (χ0v) is 14.0. The SMILES string of the molecule is COc1ccc(N=C2NC(=O)/C(=C/c3ccccn3)S2)c(OC)c1. The zero-order chi connectivity index (χ0) is 16.9. The van der Waals surface area contributed by atoms with Crippen molar-refractivity contribution in [3.05, 3.63) is 53.2 Å². The molecule has 1 aromatic heterocycles. The fourth-order valence-electron chi connectivity index (χ4n) is 2.06. The number of amides is 1. The molecule has 2 aromatic rings. The van der Waals surface area contributed by atoms with Gasteiger partial charge in [0.1, 0.15) is 17.2 Å². The van der Waals surface area contributed by atoms with Crippen molar-refractivity contribution in [2.24, 2.45) is 4.99 Å². The lowest BCUT2D eigenvalue weighted by Crippen LogP contribution is -2.19. The van der Waals surface area contributed by atoms with Gasteiger partial charge < -0.3 is 14.8 Å². The van der Waals surface area contributed by atoms with E-state index in [-0.39, 0.29) is 5.91 Å². The first-order valence-electron chi connectivity index (χ1n) is 7.12. The fraction of sp³-hybridized carbons (Fsp3) is 0.118. The van der Waals surface area contributed by atoms with Crippen molar-refractivity contribution in [3.8, 4) is 11.5 Å². The van der Waals surface area contributed by atoms with Crippen LogP contribution in [0.4, 0.5) is 5.69 Å². The quantitative estimate of drug-likeness (QED) is 0.866. The summed E-state index contributed by atoms with van der Waals surface area (Å²) >= 11 is 1.26. The number of hydrogen-bond donors (Lipinski definition) is 1. The van der Waals surface area contributed by atoms with Crippen molar-refractivity contribution in [2.75, 3.05) is 14.2 Å². The molecule has 0 saturated carbocycles. The molecule has 1 aromatic carbocycles. The molecule has 0 atom stereocenters. The number of aliphatic imine (C=N–C) groups is 1. The molecule has 6 nitrogen and oxygen atoms in total. The number of nitrogens with zero attached hydrogens (tertiary/aromatic N) is 2. The Hall–Kier alpha value is -2.80. The molecule has 1 amide bonds. The molecule has 3 rings (SSSR count). The van der Waals surface area contributed by atoms with Crippen LogP contribution in [-0.4, -0.2) is 30.3 Å². The highest BCUT2D eigenvalue weighted by Gasteiger charge is 2.24. The zero-order valence-electron chi connectivity index (χ0n) is 13.1. The second-order valence-electron chi connectivity index (χ2n) is 4.77. The van der Waals surface area contributed by atoms with Gasteiger partial charge in [-0.2, -0.15) is 0 Å². The van der Waals surface area contributed by atoms with E-state index in [2.05, 4.69) is 15.3 Å². The number of thioether (sulfide) groups is 1. The third-order valence-electron chi connectivity index (χ3n) is 3.23. The third-order valence-corrected chi connectivity index (χ3v) is 4.14. The summed E-state index contributed by atoms with van der Waals surface area (Å²) in [6.07, 6.45) is 3.41. The molecule has 7 heteroatoms. The van der Waals surface area contributed by atoms with Crippen LogP contribution in [-0.2, 0) is 4.79 Å². The molecule has 0 spiro atoms. The smallest absolute Gasteiger partial charge is 0.264 e. The van der Waals surface area contributed by atoms with E-state index in [0.717, 1.165) is 5.69 Å². The summed E-state index contributed by atoms with van der Waals surface area (Å²) in [5.41, 5.74) is 1.33. The number of ether oxygens (including phenoxy) is 2. The summed E-state index contributed by atoms with van der Waals surface area (Å²) < 4.78 is 10.5. The van der Waals surface area contributed by atoms with Crippen LogP contribution in [0.1, 0.15) is 5.69 Å². The molecule has 1 fully saturated rings. The Bertz CT molecular complexity index is 819. The Morgan fingerprint density at radius 1 is 1.21 bits per heavy atom. The van der Waals surface area contributed by atoms with Gasteiger partial charge in [-0.25, -0.2) is 4.99 Å². The van der Waals surface area contributed by atoms with E-state index < -0.39 is 0 Å². The van der Waals surface area contributed by atoms with Crippen LogP contribution < -0.4 is 14.8 Å². The number of benzene rings is 1. The third kappa shape index (κ3) is 3.57. The van der Waals surface area contributed by atoms with Crippen LogP contribution in [0.2, 0.25) is 0 Å². The minimum Gasteiger partial charge on any atom is -0.497 e. The lowest BCUT2D eigenvalue weighted by Gasteiger charge is -2.07. The number of methoxy groups -OCH3 is 2. The summed E-state index contributed by atoms with van der Waals surface area (Å²) in [7, 11) is 3.15. The normalized spacial score (nSPS) is 17.2. The Kier molecular flexibility index (Phi) is 4.81. The van der Waals surface area contributed by atoms with Gasteiger partial charge in [-0.15, -0.1) is 0 Å². The van der Waals surface area contributed by atoms with Crippen molar-refractivity contribution in [1.82, 2.24) is 10.3 Å². The minimum absolute atomic E-state index is 0.197. The van der Waals surface area contributed by atoms with Crippen molar-refractivity contribution in [1.29, 1.82) is 0 Å². The molecule has 1 aliphatic rings. The van der Waals surface area contributed by atoms with E-state index in [9.17, 15) is 4.79 Å². The van der Waals surface area contributed by atoms with E-state index in [1.807, 2.05) is 18.2 Å². The molecule has 1 aliphatic heterocycles. The van der Waals surface area contributed by atoms with Crippen molar-refractivity contribution in [2.45, 2.75) is 0 Å². The van der Waals surface area contributed by atoms with E-state index in [0.29, 0.717) is 27.3 Å². The topological polar surface area (TPSA) is 72.8 Å². The van der Waals surface area contributed by atoms with E-state index >= 15 is 0 Å². The molecule has 122 valence electrons. The lowest BCUT2D eigenvalue weighted by molar-refractivity contribution is -0.115. The van der Waals surface area contributed by atoms with Crippen LogP contribution in [0.3, 0.4) is 0 Å². The van der Waals surface area contributed by atoms with Gasteiger partial charge in [-0.3, -0.25) is 9.78 Å². The predicted molar refractivity (Wildman–Crippen MR) is 94.6 cm³/mol. The predicted octanol–water partition coefficient (Wildman–Crippen LogP) is 2.99. The molecule has 0 radical (unpaired) electrons. The highest BCUT2D eigenvalue weighted by molar-refractivity contribution is 8.18. The number of amidine groups is 1. The Morgan fingerprint density at radius 2 is 2.08 bits per heavy atom. The van der Waals surface area contributed by atoms with Gasteiger partial charge in [0.25, 0.3) is 5.91 Å². The van der Waals surface area contributed by atoms with E-state index in [1.165, 1.54) is 11.8 Å². The number of nitrogens with one attached hydrogen (secondary N) is 1. The molecular weight excluding hydrogens is 326 g/mol. The van der Waals surface area contributed by atoms with Gasteiger partial charge in [0.15, 0.2) is 5.17 Å². The number of pyridine rings is 1. The Labute approximate surface area is 143 Å². The van der Waals surface area contributed by atoms with Gasteiger partial charge in [-0.1, -0.05) is 6.07 Å². The van der Waals surface area contributed by atoms with Crippen LogP contribution in [0, 0.1) is 0 Å². The molecule has 1 saturated heterocycles. The van der Waals surface area contributed by atoms with Crippen LogP contribution >= 0.6 is 11.8 Å². The Morgan fingerprint density at radius 3 is 2.79 bits per heavy atom.